The van der Waals surface area contributed by atoms with Gasteiger partial charge in [0, 0.05) is 22.2 Å². The molecule has 0 saturated heterocycles. The zero-order valence-electron chi connectivity index (χ0n) is 19.3. The summed E-state index contributed by atoms with van der Waals surface area (Å²) in [5.41, 5.74) is 0.965. The van der Waals surface area contributed by atoms with Gasteiger partial charge in [-0.25, -0.2) is 13.1 Å². The molecule has 2 rings (SSSR count). The number of sulfonamides is 1. The molecule has 0 bridgehead atoms. The molecule has 0 heterocycles. The molecule has 0 aliphatic carbocycles. The molecule has 2 N–H and O–H groups in total. The fourth-order valence-corrected chi connectivity index (χ4v) is 4.69. The molecule has 0 aromatic heterocycles. The summed E-state index contributed by atoms with van der Waals surface area (Å²) >= 11 is 7.58. The number of benzene rings is 2. The summed E-state index contributed by atoms with van der Waals surface area (Å²) in [6.45, 7) is 4.47. The van der Waals surface area contributed by atoms with Crippen LogP contribution in [0.25, 0.3) is 0 Å². The number of hydrogen-bond acceptors (Lipinski definition) is 6. The zero-order chi connectivity index (χ0) is 24.4. The summed E-state index contributed by atoms with van der Waals surface area (Å²) in [6, 6.07) is 12.5. The van der Waals surface area contributed by atoms with Crippen LogP contribution in [0.15, 0.2) is 47.4 Å². The van der Waals surface area contributed by atoms with Crippen molar-refractivity contribution in [2.45, 2.75) is 31.2 Å². The highest BCUT2D eigenvalue weighted by Gasteiger charge is 2.24. The van der Waals surface area contributed by atoms with Crippen LogP contribution in [0.1, 0.15) is 19.4 Å². The van der Waals surface area contributed by atoms with Crippen molar-refractivity contribution in [1.29, 1.82) is 0 Å². The van der Waals surface area contributed by atoms with Gasteiger partial charge in [0.05, 0.1) is 20.0 Å². The summed E-state index contributed by atoms with van der Waals surface area (Å²) in [7, 11) is -1.90. The Balaban J connectivity index is 1.84. The fraction of sp³-hybridized carbons (Fsp3) is 0.435. The Kier molecular flexibility index (Phi) is 10.8. The van der Waals surface area contributed by atoms with Crippen molar-refractivity contribution in [1.82, 2.24) is 10.0 Å². The van der Waals surface area contributed by atoms with Crippen molar-refractivity contribution < 1.29 is 22.7 Å². The molecule has 182 valence electrons. The van der Waals surface area contributed by atoms with Crippen LogP contribution in [0.2, 0.25) is 5.02 Å². The maximum atomic E-state index is 12.4. The molecule has 33 heavy (non-hydrogen) atoms. The number of carbonyl (C=O) groups excluding carboxylic acids is 1. The van der Waals surface area contributed by atoms with Crippen molar-refractivity contribution in [3.63, 3.8) is 0 Å². The molecule has 0 saturated carbocycles. The standard InChI is InChI=1S/C23H31ClN2O5S2/c1-16(2)22(26-33(4,28)29)23(27)25-12-11-17-5-10-20(21(15-17)30-3)31-13-14-32-19-8-6-18(24)7-9-19/h5-10,15-16,22,26H,11-14H2,1-4H3,(H,25,27)/t22-/m0/s1. The van der Waals surface area contributed by atoms with E-state index < -0.39 is 16.1 Å². The van der Waals surface area contributed by atoms with Gasteiger partial charge in [0.1, 0.15) is 6.04 Å². The smallest absolute Gasteiger partial charge is 0.238 e. The molecule has 0 unspecified atom stereocenters. The van der Waals surface area contributed by atoms with Gasteiger partial charge < -0.3 is 14.8 Å². The van der Waals surface area contributed by atoms with Crippen LogP contribution in [0.4, 0.5) is 0 Å². The SMILES string of the molecule is COc1cc(CCNC(=O)[C@@H](NS(C)(=O)=O)C(C)C)ccc1OCCSc1ccc(Cl)cc1. The Bertz CT molecular complexity index is 1010. The molecule has 10 heteroatoms. The Labute approximate surface area is 205 Å². The van der Waals surface area contributed by atoms with Crippen LogP contribution in [-0.4, -0.2) is 52.6 Å². The van der Waals surface area contributed by atoms with E-state index in [1.165, 1.54) is 0 Å². The number of methoxy groups -OCH3 is 1. The molecule has 1 amide bonds. The summed E-state index contributed by atoms with van der Waals surface area (Å²) < 4.78 is 36.7. The predicted molar refractivity (Wildman–Crippen MR) is 134 cm³/mol. The molecule has 0 aliphatic rings. The second-order valence-electron chi connectivity index (χ2n) is 7.79. The van der Waals surface area contributed by atoms with E-state index in [0.717, 1.165) is 22.5 Å². The van der Waals surface area contributed by atoms with Gasteiger partial charge in [-0.05, 0) is 54.3 Å². The van der Waals surface area contributed by atoms with Crippen LogP contribution in [0, 0.1) is 5.92 Å². The summed E-state index contributed by atoms with van der Waals surface area (Å²) in [5.74, 6) is 1.53. The average molecular weight is 515 g/mol. The minimum Gasteiger partial charge on any atom is -0.493 e. The summed E-state index contributed by atoms with van der Waals surface area (Å²) in [6.07, 6.45) is 1.61. The molecule has 7 nitrogen and oxygen atoms in total. The van der Waals surface area contributed by atoms with E-state index in [1.807, 2.05) is 42.5 Å². The van der Waals surface area contributed by atoms with Crippen LogP contribution >= 0.6 is 23.4 Å². The number of nitrogens with one attached hydrogen (secondary N) is 2. The van der Waals surface area contributed by atoms with Crippen molar-refractivity contribution >= 4 is 39.3 Å². The van der Waals surface area contributed by atoms with Gasteiger partial charge in [-0.15, -0.1) is 11.8 Å². The lowest BCUT2D eigenvalue weighted by Crippen LogP contribution is -2.49. The second-order valence-corrected chi connectivity index (χ2v) is 11.2. The van der Waals surface area contributed by atoms with Gasteiger partial charge >= 0.3 is 0 Å². The van der Waals surface area contributed by atoms with Gasteiger partial charge in [-0.2, -0.15) is 0 Å². The topological polar surface area (TPSA) is 93.7 Å². The molecule has 0 spiro atoms. The molecule has 2 aromatic carbocycles. The third-order valence-electron chi connectivity index (χ3n) is 4.65. The van der Waals surface area contributed by atoms with Gasteiger partial charge in [0.15, 0.2) is 11.5 Å². The fourth-order valence-electron chi connectivity index (χ4n) is 2.99. The highest BCUT2D eigenvalue weighted by atomic mass is 35.5. The first-order valence-corrected chi connectivity index (χ1v) is 13.8. The molecule has 0 aliphatic heterocycles. The Morgan fingerprint density at radius 1 is 1.12 bits per heavy atom. The van der Waals surface area contributed by atoms with E-state index in [0.29, 0.717) is 36.1 Å². The van der Waals surface area contributed by atoms with E-state index in [2.05, 4.69) is 10.0 Å². The van der Waals surface area contributed by atoms with E-state index in [1.54, 1.807) is 32.7 Å². The zero-order valence-corrected chi connectivity index (χ0v) is 21.6. The summed E-state index contributed by atoms with van der Waals surface area (Å²) in [5, 5.41) is 3.51. The average Bonchev–Trinajstić information content (AvgIpc) is 2.76. The van der Waals surface area contributed by atoms with Crippen molar-refractivity contribution in [2.24, 2.45) is 5.92 Å². The number of amides is 1. The van der Waals surface area contributed by atoms with Crippen molar-refractivity contribution in [3.8, 4) is 11.5 Å². The normalized spacial score (nSPS) is 12.4. The molecule has 0 fully saturated rings. The molecule has 1 atom stereocenters. The Hall–Kier alpha value is -1.94. The number of carbonyl (C=O) groups is 1. The molecular weight excluding hydrogens is 484 g/mol. The number of ether oxygens (including phenoxy) is 2. The van der Waals surface area contributed by atoms with Gasteiger partial charge in [-0.1, -0.05) is 31.5 Å². The molecule has 0 radical (unpaired) electrons. The quantitative estimate of drug-likeness (QED) is 0.312. The lowest BCUT2D eigenvalue weighted by Gasteiger charge is -2.20. The number of rotatable bonds is 13. The van der Waals surface area contributed by atoms with Crippen LogP contribution in [0.3, 0.4) is 0 Å². The highest BCUT2D eigenvalue weighted by molar-refractivity contribution is 7.99. The lowest BCUT2D eigenvalue weighted by atomic mass is 10.0. The number of hydrogen-bond donors (Lipinski definition) is 2. The van der Waals surface area contributed by atoms with E-state index >= 15 is 0 Å². The van der Waals surface area contributed by atoms with Crippen molar-refractivity contribution in [3.05, 3.63) is 53.1 Å². The first kappa shape index (κ1) is 27.3. The van der Waals surface area contributed by atoms with Gasteiger partial charge in [0.25, 0.3) is 0 Å². The second kappa shape index (κ2) is 13.1. The Morgan fingerprint density at radius 2 is 1.82 bits per heavy atom. The molecular formula is C23H31ClN2O5S2. The third kappa shape index (κ3) is 9.83. The molecule has 2 aromatic rings. The summed E-state index contributed by atoms with van der Waals surface area (Å²) in [4.78, 5) is 13.5. The minimum atomic E-state index is -3.48. The van der Waals surface area contributed by atoms with Crippen LogP contribution < -0.4 is 19.5 Å². The maximum Gasteiger partial charge on any atom is 0.238 e. The van der Waals surface area contributed by atoms with Gasteiger partial charge in [0.2, 0.25) is 15.9 Å². The van der Waals surface area contributed by atoms with E-state index in [-0.39, 0.29) is 11.8 Å². The Morgan fingerprint density at radius 3 is 2.42 bits per heavy atom. The number of halogens is 1. The van der Waals surface area contributed by atoms with Gasteiger partial charge in [-0.3, -0.25) is 4.79 Å². The monoisotopic (exact) mass is 514 g/mol. The first-order chi connectivity index (χ1) is 15.6. The maximum absolute atomic E-state index is 12.4. The largest absolute Gasteiger partial charge is 0.493 e. The highest BCUT2D eigenvalue weighted by Crippen LogP contribution is 2.29. The minimum absolute atomic E-state index is 0.172. The third-order valence-corrected chi connectivity index (χ3v) is 6.56. The van der Waals surface area contributed by atoms with E-state index in [4.69, 9.17) is 21.1 Å². The van der Waals surface area contributed by atoms with E-state index in [9.17, 15) is 13.2 Å². The van der Waals surface area contributed by atoms with Crippen LogP contribution in [0.5, 0.6) is 11.5 Å². The van der Waals surface area contributed by atoms with Crippen LogP contribution in [-0.2, 0) is 21.2 Å². The van der Waals surface area contributed by atoms with Crippen molar-refractivity contribution in [2.75, 3.05) is 32.3 Å². The number of thioether (sulfide) groups is 1. The lowest BCUT2D eigenvalue weighted by molar-refractivity contribution is -0.123. The first-order valence-electron chi connectivity index (χ1n) is 10.5. The predicted octanol–water partition coefficient (Wildman–Crippen LogP) is 3.75.